The smallest absolute Gasteiger partial charge is 0.191 e. The molecule has 1 fully saturated rings. The number of thiophene rings is 1. The first-order valence-electron chi connectivity index (χ1n) is 9.67. The average molecular weight is 516 g/mol. The van der Waals surface area contributed by atoms with Crippen molar-refractivity contribution in [3.05, 3.63) is 58.0 Å². The van der Waals surface area contributed by atoms with Crippen LogP contribution in [-0.2, 0) is 6.54 Å². The number of hydrogen-bond acceptors (Lipinski definition) is 3. The van der Waals surface area contributed by atoms with Crippen molar-refractivity contribution in [2.75, 3.05) is 26.7 Å². The summed E-state index contributed by atoms with van der Waals surface area (Å²) in [6.07, 6.45) is 2.45. The second-order valence-electron chi connectivity index (χ2n) is 7.05. The van der Waals surface area contributed by atoms with E-state index < -0.39 is 0 Å². The second-order valence-corrected chi connectivity index (χ2v) is 8.02. The number of nitrogens with zero attached hydrogens (tertiary/aromatic N) is 2. The van der Waals surface area contributed by atoms with Crippen molar-refractivity contribution >= 4 is 41.3 Å². The summed E-state index contributed by atoms with van der Waals surface area (Å²) in [5.74, 6) is 1.16. The zero-order valence-electron chi connectivity index (χ0n) is 16.5. The highest BCUT2D eigenvalue weighted by molar-refractivity contribution is 14.0. The van der Waals surface area contributed by atoms with Gasteiger partial charge in [0, 0.05) is 24.0 Å². The Morgan fingerprint density at radius 3 is 2.71 bits per heavy atom. The molecule has 2 aromatic rings. The Bertz CT molecular complexity index is 721. The van der Waals surface area contributed by atoms with E-state index in [4.69, 9.17) is 0 Å². The molecule has 1 aromatic carbocycles. The van der Waals surface area contributed by atoms with Gasteiger partial charge in [-0.05, 0) is 68.4 Å². The summed E-state index contributed by atoms with van der Waals surface area (Å²) in [5, 5.41) is 9.01. The SMILES string of the molecule is CCNC(=NCc1ccc(F)cc1)NCC1CCCN(C)C1c1cccs1.I. The molecule has 1 aliphatic heterocycles. The molecule has 2 unspecified atom stereocenters. The summed E-state index contributed by atoms with van der Waals surface area (Å²) in [7, 11) is 2.23. The van der Waals surface area contributed by atoms with Gasteiger partial charge in [-0.1, -0.05) is 18.2 Å². The van der Waals surface area contributed by atoms with E-state index in [0.29, 0.717) is 18.5 Å². The molecule has 0 aliphatic carbocycles. The summed E-state index contributed by atoms with van der Waals surface area (Å²) >= 11 is 1.84. The molecule has 0 spiro atoms. The third-order valence-electron chi connectivity index (χ3n) is 5.05. The molecule has 3 rings (SSSR count). The Balaban J connectivity index is 0.00000280. The van der Waals surface area contributed by atoms with Gasteiger partial charge in [-0.15, -0.1) is 35.3 Å². The van der Waals surface area contributed by atoms with E-state index in [-0.39, 0.29) is 29.8 Å². The lowest BCUT2D eigenvalue weighted by Crippen LogP contribution is -2.44. The minimum atomic E-state index is -0.214. The molecule has 1 aromatic heterocycles. The molecule has 0 radical (unpaired) electrons. The molecule has 4 nitrogen and oxygen atoms in total. The maximum Gasteiger partial charge on any atom is 0.191 e. The van der Waals surface area contributed by atoms with Crippen molar-refractivity contribution in [3.8, 4) is 0 Å². The van der Waals surface area contributed by atoms with Crippen LogP contribution < -0.4 is 10.6 Å². The fourth-order valence-electron chi connectivity index (χ4n) is 3.71. The number of hydrogen-bond donors (Lipinski definition) is 2. The predicted octanol–water partition coefficient (Wildman–Crippen LogP) is 4.64. The number of halogens is 2. The zero-order chi connectivity index (χ0) is 19.1. The van der Waals surface area contributed by atoms with Crippen LogP contribution in [0.5, 0.6) is 0 Å². The lowest BCUT2D eigenvalue weighted by Gasteiger charge is -2.39. The topological polar surface area (TPSA) is 39.7 Å². The molecule has 28 heavy (non-hydrogen) atoms. The highest BCUT2D eigenvalue weighted by Gasteiger charge is 2.31. The Morgan fingerprint density at radius 1 is 1.25 bits per heavy atom. The first-order valence-corrected chi connectivity index (χ1v) is 10.6. The van der Waals surface area contributed by atoms with Crippen LogP contribution in [0.25, 0.3) is 0 Å². The molecular weight excluding hydrogens is 486 g/mol. The molecule has 1 saturated heterocycles. The fourth-order valence-corrected chi connectivity index (χ4v) is 4.70. The second kappa shape index (κ2) is 11.7. The van der Waals surface area contributed by atoms with Gasteiger partial charge < -0.3 is 10.6 Å². The molecule has 2 heterocycles. The minimum Gasteiger partial charge on any atom is -0.357 e. The van der Waals surface area contributed by atoms with E-state index in [0.717, 1.165) is 31.2 Å². The molecule has 154 valence electrons. The summed E-state index contributed by atoms with van der Waals surface area (Å²) in [6, 6.07) is 11.4. The first kappa shape index (κ1) is 23.1. The lowest BCUT2D eigenvalue weighted by molar-refractivity contribution is 0.125. The standard InChI is InChI=1S/C21H29FN4S.HI/c1-3-23-21(24-14-16-8-10-18(22)11-9-16)25-15-17-6-4-12-26(2)20(17)19-7-5-13-27-19;/h5,7-11,13,17,20H,3-4,6,12,14-15H2,1-2H3,(H2,23,24,25);1H. The van der Waals surface area contributed by atoms with Crippen LogP contribution in [0.2, 0.25) is 0 Å². The summed E-state index contributed by atoms with van der Waals surface area (Å²) in [6.45, 7) is 5.46. The summed E-state index contributed by atoms with van der Waals surface area (Å²) in [5.41, 5.74) is 1.00. The Hall–Kier alpha value is -1.19. The molecule has 0 amide bonds. The normalized spacial score (nSPS) is 20.5. The molecule has 0 saturated carbocycles. The predicted molar refractivity (Wildman–Crippen MR) is 127 cm³/mol. The molecule has 7 heteroatoms. The fraction of sp³-hybridized carbons (Fsp3) is 0.476. The number of guanidine groups is 1. The molecule has 1 aliphatic rings. The lowest BCUT2D eigenvalue weighted by atomic mass is 9.88. The van der Waals surface area contributed by atoms with Gasteiger partial charge in [-0.2, -0.15) is 0 Å². The maximum atomic E-state index is 13.1. The van der Waals surface area contributed by atoms with Crippen LogP contribution in [0, 0.1) is 11.7 Å². The molecular formula is C21H30FIN4S. The van der Waals surface area contributed by atoms with Crippen LogP contribution in [0.3, 0.4) is 0 Å². The van der Waals surface area contributed by atoms with E-state index >= 15 is 0 Å². The van der Waals surface area contributed by atoms with Gasteiger partial charge in [0.15, 0.2) is 5.96 Å². The number of aliphatic imine (C=N–C) groups is 1. The highest BCUT2D eigenvalue weighted by Crippen LogP contribution is 2.36. The van der Waals surface area contributed by atoms with Crippen LogP contribution in [-0.4, -0.2) is 37.5 Å². The van der Waals surface area contributed by atoms with E-state index in [1.165, 1.54) is 29.9 Å². The van der Waals surface area contributed by atoms with Gasteiger partial charge in [0.1, 0.15) is 5.82 Å². The van der Waals surface area contributed by atoms with Crippen molar-refractivity contribution < 1.29 is 4.39 Å². The van der Waals surface area contributed by atoms with Crippen LogP contribution in [0.1, 0.15) is 36.2 Å². The number of rotatable bonds is 6. The zero-order valence-corrected chi connectivity index (χ0v) is 19.7. The van der Waals surface area contributed by atoms with Gasteiger partial charge >= 0.3 is 0 Å². The third kappa shape index (κ3) is 6.42. The van der Waals surface area contributed by atoms with Gasteiger partial charge in [0.25, 0.3) is 0 Å². The van der Waals surface area contributed by atoms with E-state index in [9.17, 15) is 4.39 Å². The Labute approximate surface area is 188 Å². The van der Waals surface area contributed by atoms with Gasteiger partial charge in [0.2, 0.25) is 0 Å². The van der Waals surface area contributed by atoms with Crippen molar-refractivity contribution in [1.29, 1.82) is 0 Å². The summed E-state index contributed by atoms with van der Waals surface area (Å²) < 4.78 is 13.1. The number of nitrogens with one attached hydrogen (secondary N) is 2. The minimum absolute atomic E-state index is 0. The van der Waals surface area contributed by atoms with Gasteiger partial charge in [0.05, 0.1) is 6.54 Å². The number of benzene rings is 1. The molecule has 0 bridgehead atoms. The van der Waals surface area contributed by atoms with E-state index in [2.05, 4.69) is 52.0 Å². The van der Waals surface area contributed by atoms with Crippen molar-refractivity contribution in [1.82, 2.24) is 15.5 Å². The first-order chi connectivity index (χ1) is 13.2. The monoisotopic (exact) mass is 516 g/mol. The molecule has 2 N–H and O–H groups in total. The number of piperidine rings is 1. The Kier molecular flexibility index (Phi) is 9.67. The average Bonchev–Trinajstić information content (AvgIpc) is 3.19. The maximum absolute atomic E-state index is 13.1. The van der Waals surface area contributed by atoms with E-state index in [1.54, 1.807) is 12.1 Å². The quantitative estimate of drug-likeness (QED) is 0.334. The van der Waals surface area contributed by atoms with E-state index in [1.807, 2.05) is 11.3 Å². The van der Waals surface area contributed by atoms with Crippen molar-refractivity contribution in [2.24, 2.45) is 10.9 Å². The number of likely N-dealkylation sites (tertiary alicyclic amines) is 1. The Morgan fingerprint density at radius 2 is 2.04 bits per heavy atom. The van der Waals surface area contributed by atoms with Crippen LogP contribution in [0.4, 0.5) is 4.39 Å². The molecule has 2 atom stereocenters. The third-order valence-corrected chi connectivity index (χ3v) is 5.99. The van der Waals surface area contributed by atoms with Crippen LogP contribution >= 0.6 is 35.3 Å². The van der Waals surface area contributed by atoms with Crippen molar-refractivity contribution in [3.63, 3.8) is 0 Å². The van der Waals surface area contributed by atoms with Crippen molar-refractivity contribution in [2.45, 2.75) is 32.4 Å². The van der Waals surface area contributed by atoms with Crippen LogP contribution in [0.15, 0.2) is 46.8 Å². The summed E-state index contributed by atoms with van der Waals surface area (Å²) in [4.78, 5) is 8.58. The van der Waals surface area contributed by atoms with Gasteiger partial charge in [-0.25, -0.2) is 9.38 Å². The van der Waals surface area contributed by atoms with Gasteiger partial charge in [-0.3, -0.25) is 4.90 Å². The largest absolute Gasteiger partial charge is 0.357 e. The highest BCUT2D eigenvalue weighted by atomic mass is 127.